The third-order valence-corrected chi connectivity index (χ3v) is 2.78. The zero-order valence-electron chi connectivity index (χ0n) is 10.2. The number of hydrogen-bond acceptors (Lipinski definition) is 4. The molecule has 1 aromatic rings. The first-order valence-corrected chi connectivity index (χ1v) is 6.33. The molecule has 0 aliphatic heterocycles. The van der Waals surface area contributed by atoms with E-state index >= 15 is 0 Å². The molecule has 0 spiro atoms. The molecule has 7 nitrogen and oxygen atoms in total. The van der Waals surface area contributed by atoms with E-state index in [0.29, 0.717) is 12.5 Å². The molecule has 0 aliphatic rings. The van der Waals surface area contributed by atoms with Gasteiger partial charge in [-0.1, -0.05) is 13.8 Å². The highest BCUT2D eigenvalue weighted by Crippen LogP contribution is 2.21. The second-order valence-electron chi connectivity index (χ2n) is 4.29. The first-order chi connectivity index (χ1) is 8.40. The van der Waals surface area contributed by atoms with Gasteiger partial charge in [0.2, 0.25) is 5.91 Å². The van der Waals surface area contributed by atoms with Crippen LogP contribution in [0.4, 0.5) is 5.82 Å². The van der Waals surface area contributed by atoms with Crippen molar-refractivity contribution in [1.82, 2.24) is 15.1 Å². The molecule has 0 fully saturated rings. The summed E-state index contributed by atoms with van der Waals surface area (Å²) in [6, 6.07) is 0. The number of aromatic nitrogens is 2. The van der Waals surface area contributed by atoms with Crippen molar-refractivity contribution in [3.8, 4) is 0 Å². The number of hydrogen-bond donors (Lipinski definition) is 1. The highest BCUT2D eigenvalue weighted by atomic mass is 79.9. The van der Waals surface area contributed by atoms with E-state index in [9.17, 15) is 14.9 Å². The molecule has 8 heteroatoms. The van der Waals surface area contributed by atoms with Crippen LogP contribution in [0.1, 0.15) is 20.3 Å². The van der Waals surface area contributed by atoms with E-state index in [4.69, 9.17) is 0 Å². The van der Waals surface area contributed by atoms with Crippen molar-refractivity contribution in [3.63, 3.8) is 0 Å². The quantitative estimate of drug-likeness (QED) is 0.638. The lowest BCUT2D eigenvalue weighted by molar-refractivity contribution is -0.390. The summed E-state index contributed by atoms with van der Waals surface area (Å²) in [6.45, 7) is 4.71. The molecule has 100 valence electrons. The van der Waals surface area contributed by atoms with Gasteiger partial charge in [0, 0.05) is 6.54 Å². The van der Waals surface area contributed by atoms with E-state index in [-0.39, 0.29) is 22.7 Å². The van der Waals surface area contributed by atoms with Crippen LogP contribution < -0.4 is 5.32 Å². The second kappa shape index (κ2) is 6.48. The molecule has 0 radical (unpaired) electrons. The zero-order chi connectivity index (χ0) is 13.7. The highest BCUT2D eigenvalue weighted by Gasteiger charge is 2.19. The van der Waals surface area contributed by atoms with Crippen LogP contribution in [-0.4, -0.2) is 27.2 Å². The fourth-order valence-corrected chi connectivity index (χ4v) is 1.76. The molecular weight excluding hydrogens is 304 g/mol. The van der Waals surface area contributed by atoms with Crippen molar-refractivity contribution in [3.05, 3.63) is 20.8 Å². The molecule has 1 rings (SSSR count). The van der Waals surface area contributed by atoms with Crippen molar-refractivity contribution >= 4 is 27.7 Å². The van der Waals surface area contributed by atoms with E-state index in [1.807, 2.05) is 0 Å². The minimum atomic E-state index is -0.600. The molecule has 0 saturated carbocycles. The topological polar surface area (TPSA) is 90.1 Å². The molecule has 0 saturated heterocycles. The monoisotopic (exact) mass is 318 g/mol. The van der Waals surface area contributed by atoms with Gasteiger partial charge in [-0.2, -0.15) is 4.68 Å². The Bertz CT molecular complexity index is 444. The zero-order valence-corrected chi connectivity index (χ0v) is 11.8. The Morgan fingerprint density at radius 2 is 2.33 bits per heavy atom. The van der Waals surface area contributed by atoms with Gasteiger partial charge < -0.3 is 15.4 Å². The first-order valence-electron chi connectivity index (χ1n) is 5.54. The first kappa shape index (κ1) is 14.6. The van der Waals surface area contributed by atoms with Crippen LogP contribution in [0.3, 0.4) is 0 Å². The van der Waals surface area contributed by atoms with Gasteiger partial charge >= 0.3 is 5.82 Å². The molecule has 0 aliphatic carbocycles. The fourth-order valence-electron chi connectivity index (χ4n) is 1.29. The van der Waals surface area contributed by atoms with Gasteiger partial charge in [-0.3, -0.25) is 4.79 Å². The maximum Gasteiger partial charge on any atom is 0.404 e. The summed E-state index contributed by atoms with van der Waals surface area (Å²) in [5, 5.41) is 17.0. The van der Waals surface area contributed by atoms with E-state index in [0.717, 1.165) is 6.42 Å². The number of rotatable bonds is 6. The van der Waals surface area contributed by atoms with Crippen LogP contribution in [0.15, 0.2) is 10.7 Å². The average molecular weight is 319 g/mol. The molecule has 1 N–H and O–H groups in total. The predicted octanol–water partition coefficient (Wildman–Crippen LogP) is 1.72. The van der Waals surface area contributed by atoms with Crippen LogP contribution in [0, 0.1) is 16.0 Å². The molecule has 1 heterocycles. The lowest BCUT2D eigenvalue weighted by atomic mass is 10.1. The van der Waals surface area contributed by atoms with Crippen LogP contribution in [0.25, 0.3) is 0 Å². The molecule has 1 aromatic heterocycles. The summed E-state index contributed by atoms with van der Waals surface area (Å²) in [5.74, 6) is 0.0239. The number of nitrogens with one attached hydrogen (secondary N) is 1. The number of nitrogens with zero attached hydrogens (tertiary/aromatic N) is 3. The largest absolute Gasteiger partial charge is 0.404 e. The van der Waals surface area contributed by atoms with Crippen molar-refractivity contribution in [2.24, 2.45) is 5.92 Å². The van der Waals surface area contributed by atoms with Crippen LogP contribution in [0.2, 0.25) is 0 Å². The number of amides is 1. The maximum absolute atomic E-state index is 11.5. The van der Waals surface area contributed by atoms with Gasteiger partial charge in [0.1, 0.15) is 11.0 Å². The van der Waals surface area contributed by atoms with E-state index in [2.05, 4.69) is 40.2 Å². The molecule has 18 heavy (non-hydrogen) atoms. The normalized spacial score (nSPS) is 10.7. The second-order valence-corrected chi connectivity index (χ2v) is 5.14. The van der Waals surface area contributed by atoms with Gasteiger partial charge in [-0.05, 0) is 33.2 Å². The Balaban J connectivity index is 2.49. The molecule has 1 amide bonds. The Kier molecular flexibility index (Phi) is 5.26. The summed E-state index contributed by atoms with van der Waals surface area (Å²) in [5.41, 5.74) is 0. The average Bonchev–Trinajstić information content (AvgIpc) is 2.58. The molecule has 0 aromatic carbocycles. The van der Waals surface area contributed by atoms with Gasteiger partial charge in [0.05, 0.1) is 11.3 Å². The van der Waals surface area contributed by atoms with Crippen molar-refractivity contribution in [2.75, 3.05) is 6.54 Å². The number of nitro groups is 1. The minimum absolute atomic E-state index is 0.0233. The number of halogens is 1. The molecule has 0 bridgehead atoms. The van der Waals surface area contributed by atoms with Gasteiger partial charge in [-0.25, -0.2) is 0 Å². The van der Waals surface area contributed by atoms with Crippen molar-refractivity contribution < 1.29 is 9.72 Å². The number of carbonyl (C=O) groups is 1. The Morgan fingerprint density at radius 1 is 1.67 bits per heavy atom. The predicted molar refractivity (Wildman–Crippen MR) is 69.0 cm³/mol. The van der Waals surface area contributed by atoms with Gasteiger partial charge in [0.15, 0.2) is 0 Å². The maximum atomic E-state index is 11.5. The molecule has 0 atom stereocenters. The van der Waals surface area contributed by atoms with Gasteiger partial charge in [-0.15, -0.1) is 0 Å². The SMILES string of the molecule is CC(C)CCNC(=O)Cn1cc(Br)c([N+](=O)[O-])n1. The Hall–Kier alpha value is -1.44. The smallest absolute Gasteiger partial charge is 0.358 e. The lowest BCUT2D eigenvalue weighted by Gasteiger charge is -2.05. The summed E-state index contributed by atoms with van der Waals surface area (Å²) in [4.78, 5) is 21.5. The molecular formula is C10H15BrN4O3. The van der Waals surface area contributed by atoms with Crippen LogP contribution in [-0.2, 0) is 11.3 Å². The van der Waals surface area contributed by atoms with Crippen molar-refractivity contribution in [1.29, 1.82) is 0 Å². The van der Waals surface area contributed by atoms with E-state index < -0.39 is 4.92 Å². The summed E-state index contributed by atoms with van der Waals surface area (Å²) < 4.78 is 1.51. The summed E-state index contributed by atoms with van der Waals surface area (Å²) in [7, 11) is 0. The fraction of sp³-hybridized carbons (Fsp3) is 0.600. The van der Waals surface area contributed by atoms with Gasteiger partial charge in [0.25, 0.3) is 0 Å². The van der Waals surface area contributed by atoms with E-state index in [1.165, 1.54) is 10.9 Å². The number of carbonyl (C=O) groups excluding carboxylic acids is 1. The third kappa shape index (κ3) is 4.44. The molecule has 0 unspecified atom stereocenters. The van der Waals surface area contributed by atoms with Crippen LogP contribution in [0.5, 0.6) is 0 Å². The lowest BCUT2D eigenvalue weighted by Crippen LogP contribution is -2.29. The Labute approximate surface area is 113 Å². The third-order valence-electron chi connectivity index (χ3n) is 2.22. The minimum Gasteiger partial charge on any atom is -0.358 e. The van der Waals surface area contributed by atoms with E-state index in [1.54, 1.807) is 0 Å². The van der Waals surface area contributed by atoms with Crippen LogP contribution >= 0.6 is 15.9 Å². The standard InChI is InChI=1S/C10H15BrN4O3/c1-7(2)3-4-12-9(16)6-14-5-8(11)10(13-14)15(17)18/h5,7H,3-4,6H2,1-2H3,(H,12,16). The summed E-state index contributed by atoms with van der Waals surface area (Å²) in [6.07, 6.45) is 2.31. The van der Waals surface area contributed by atoms with Crippen molar-refractivity contribution in [2.45, 2.75) is 26.8 Å². The summed E-state index contributed by atoms with van der Waals surface area (Å²) >= 11 is 3.02. The highest BCUT2D eigenvalue weighted by molar-refractivity contribution is 9.10. The Morgan fingerprint density at radius 3 is 2.83 bits per heavy atom.